The van der Waals surface area contributed by atoms with Gasteiger partial charge in [-0.05, 0) is 31.6 Å². The minimum absolute atomic E-state index is 0.0324. The van der Waals surface area contributed by atoms with Crippen molar-refractivity contribution in [1.82, 2.24) is 0 Å². The minimum Gasteiger partial charge on any atom is -0.493 e. The molecule has 0 atom stereocenters. The van der Waals surface area contributed by atoms with Gasteiger partial charge in [-0.15, -0.1) is 11.3 Å². The van der Waals surface area contributed by atoms with Crippen LogP contribution < -0.4 is 10.1 Å². The Bertz CT molecular complexity index is 1040. The lowest BCUT2D eigenvalue weighted by molar-refractivity contribution is -0.142. The van der Waals surface area contributed by atoms with Crippen molar-refractivity contribution in [3.05, 3.63) is 51.9 Å². The van der Waals surface area contributed by atoms with Gasteiger partial charge in [0.25, 0.3) is 5.91 Å². The Morgan fingerprint density at radius 3 is 2.41 bits per heavy atom. The second kappa shape index (κ2) is 11.7. The second-order valence-electron chi connectivity index (χ2n) is 6.20. The van der Waals surface area contributed by atoms with Gasteiger partial charge in [-0.2, -0.15) is 0 Å². The van der Waals surface area contributed by atoms with Crippen LogP contribution in [0.3, 0.4) is 0 Å². The fraction of sp³-hybridized carbons (Fsp3) is 0.273. The third-order valence-electron chi connectivity index (χ3n) is 4.12. The van der Waals surface area contributed by atoms with Gasteiger partial charge in [-0.1, -0.05) is 18.2 Å². The zero-order valence-electron chi connectivity index (χ0n) is 18.1. The van der Waals surface area contributed by atoms with Crippen molar-refractivity contribution in [3.8, 4) is 5.75 Å². The number of carbonyl (C=O) groups excluding carboxylic acids is 4. The van der Waals surface area contributed by atoms with Crippen LogP contribution in [0.1, 0.15) is 38.1 Å². The smallest absolute Gasteiger partial charge is 0.348 e. The maximum absolute atomic E-state index is 12.3. The highest BCUT2D eigenvalue weighted by atomic mass is 32.1. The lowest BCUT2D eigenvalue weighted by Crippen LogP contribution is -2.21. The molecule has 0 aliphatic carbocycles. The van der Waals surface area contributed by atoms with Gasteiger partial charge in [0.05, 0.1) is 26.4 Å². The van der Waals surface area contributed by atoms with E-state index in [4.69, 9.17) is 18.9 Å². The number of benzene rings is 1. The van der Waals surface area contributed by atoms with Crippen LogP contribution in [0.15, 0.2) is 30.3 Å². The number of nitrogens with one attached hydrogen (secondary N) is 1. The zero-order valence-corrected chi connectivity index (χ0v) is 18.9. The van der Waals surface area contributed by atoms with E-state index in [2.05, 4.69) is 5.32 Å². The Morgan fingerprint density at radius 1 is 1.06 bits per heavy atom. The maximum Gasteiger partial charge on any atom is 0.348 e. The maximum atomic E-state index is 12.3. The quantitative estimate of drug-likeness (QED) is 0.344. The molecule has 10 heteroatoms. The van der Waals surface area contributed by atoms with E-state index in [9.17, 15) is 19.2 Å². The van der Waals surface area contributed by atoms with Crippen LogP contribution in [0.2, 0.25) is 0 Å². The molecule has 1 aromatic carbocycles. The first-order valence-corrected chi connectivity index (χ1v) is 10.3. The number of ether oxygens (including phenoxy) is 4. The summed E-state index contributed by atoms with van der Waals surface area (Å²) < 4.78 is 19.8. The Kier molecular flexibility index (Phi) is 8.96. The molecule has 2 aromatic rings. The third-order valence-corrected chi connectivity index (χ3v) is 5.31. The standard InChI is InChI=1S/C22H23NO8S/c1-5-30-15-9-7-6-8-14(15)10-11-17(25)31-12-16(24)23-20-18(21(26)28-3)13(2)19(32-20)22(27)29-4/h6-11H,5,12H2,1-4H3,(H,23,24)/b11-10+. The van der Waals surface area contributed by atoms with E-state index >= 15 is 0 Å². The van der Waals surface area contributed by atoms with Crippen LogP contribution in [0, 0.1) is 6.92 Å². The molecule has 0 radical (unpaired) electrons. The molecule has 0 fully saturated rings. The Labute approximate surface area is 188 Å². The van der Waals surface area contributed by atoms with Crippen molar-refractivity contribution >= 4 is 46.2 Å². The van der Waals surface area contributed by atoms with Crippen molar-refractivity contribution in [2.45, 2.75) is 13.8 Å². The van der Waals surface area contributed by atoms with Gasteiger partial charge in [-0.3, -0.25) is 4.79 Å². The lowest BCUT2D eigenvalue weighted by Gasteiger charge is -2.07. The van der Waals surface area contributed by atoms with Gasteiger partial charge in [0.1, 0.15) is 15.6 Å². The summed E-state index contributed by atoms with van der Waals surface area (Å²) in [5, 5.41) is 2.57. The molecule has 0 bridgehead atoms. The molecule has 0 saturated carbocycles. The van der Waals surface area contributed by atoms with Crippen molar-refractivity contribution in [3.63, 3.8) is 0 Å². The number of methoxy groups -OCH3 is 2. The second-order valence-corrected chi connectivity index (χ2v) is 7.22. The first-order valence-electron chi connectivity index (χ1n) is 9.48. The molecule has 1 N–H and O–H groups in total. The molecule has 1 aromatic heterocycles. The normalized spacial score (nSPS) is 10.5. The van der Waals surface area contributed by atoms with E-state index in [0.717, 1.165) is 11.3 Å². The summed E-state index contributed by atoms with van der Waals surface area (Å²) in [6.07, 6.45) is 2.70. The first kappa shape index (κ1) is 24.6. The molecule has 1 heterocycles. The topological polar surface area (TPSA) is 117 Å². The molecule has 0 aliphatic heterocycles. The van der Waals surface area contributed by atoms with Crippen molar-refractivity contribution < 1.29 is 38.1 Å². The molecular formula is C22H23NO8S. The minimum atomic E-state index is -0.739. The molecule has 0 unspecified atom stereocenters. The molecule has 32 heavy (non-hydrogen) atoms. The summed E-state index contributed by atoms with van der Waals surface area (Å²) >= 11 is 0.863. The van der Waals surface area contributed by atoms with E-state index in [0.29, 0.717) is 23.5 Å². The number of carbonyl (C=O) groups is 4. The van der Waals surface area contributed by atoms with Gasteiger partial charge < -0.3 is 24.3 Å². The Hall–Kier alpha value is -3.66. The summed E-state index contributed by atoms with van der Waals surface area (Å²) in [6.45, 7) is 3.27. The molecule has 0 saturated heterocycles. The molecular weight excluding hydrogens is 438 g/mol. The van der Waals surface area contributed by atoms with Gasteiger partial charge in [0.15, 0.2) is 6.61 Å². The number of rotatable bonds is 9. The number of thiophene rings is 1. The molecule has 2 rings (SSSR count). The number of para-hydroxylation sites is 1. The van der Waals surface area contributed by atoms with E-state index in [-0.39, 0.29) is 15.4 Å². The summed E-state index contributed by atoms with van der Waals surface area (Å²) in [6, 6.07) is 7.15. The summed E-state index contributed by atoms with van der Waals surface area (Å²) in [5.41, 5.74) is 1.03. The summed E-state index contributed by atoms with van der Waals surface area (Å²) in [4.78, 5) is 48.4. The molecule has 1 amide bonds. The number of anilines is 1. The Balaban J connectivity index is 2.05. The lowest BCUT2D eigenvalue weighted by atomic mass is 10.1. The number of hydrogen-bond donors (Lipinski definition) is 1. The van der Waals surface area contributed by atoms with Gasteiger partial charge >= 0.3 is 17.9 Å². The van der Waals surface area contributed by atoms with E-state index in [1.54, 1.807) is 18.2 Å². The van der Waals surface area contributed by atoms with Crippen molar-refractivity contribution in [1.29, 1.82) is 0 Å². The highest BCUT2D eigenvalue weighted by Crippen LogP contribution is 2.34. The predicted molar refractivity (Wildman–Crippen MR) is 118 cm³/mol. The third kappa shape index (κ3) is 6.17. The fourth-order valence-electron chi connectivity index (χ4n) is 2.65. The fourth-order valence-corrected chi connectivity index (χ4v) is 3.78. The first-order chi connectivity index (χ1) is 15.3. The average Bonchev–Trinajstić information content (AvgIpc) is 3.11. The molecule has 170 valence electrons. The van der Waals surface area contributed by atoms with E-state index in [1.165, 1.54) is 33.3 Å². The van der Waals surface area contributed by atoms with Gasteiger partial charge in [-0.25, -0.2) is 14.4 Å². The van der Waals surface area contributed by atoms with Crippen LogP contribution in [-0.2, 0) is 23.8 Å². The van der Waals surface area contributed by atoms with Gasteiger partial charge in [0.2, 0.25) is 0 Å². The zero-order chi connectivity index (χ0) is 23.7. The highest BCUT2D eigenvalue weighted by molar-refractivity contribution is 7.18. The average molecular weight is 461 g/mol. The highest BCUT2D eigenvalue weighted by Gasteiger charge is 2.26. The van der Waals surface area contributed by atoms with Crippen LogP contribution in [0.25, 0.3) is 6.08 Å². The monoisotopic (exact) mass is 461 g/mol. The molecule has 9 nitrogen and oxygen atoms in total. The van der Waals surface area contributed by atoms with Crippen LogP contribution >= 0.6 is 11.3 Å². The Morgan fingerprint density at radius 2 is 1.75 bits per heavy atom. The SMILES string of the molecule is CCOc1ccccc1/C=C/C(=O)OCC(=O)Nc1sc(C(=O)OC)c(C)c1C(=O)OC. The van der Waals surface area contributed by atoms with Crippen molar-refractivity contribution in [2.75, 3.05) is 32.8 Å². The van der Waals surface area contributed by atoms with E-state index in [1.807, 2.05) is 13.0 Å². The van der Waals surface area contributed by atoms with Crippen LogP contribution in [0.5, 0.6) is 5.75 Å². The number of amides is 1. The van der Waals surface area contributed by atoms with Crippen LogP contribution in [0.4, 0.5) is 5.00 Å². The predicted octanol–water partition coefficient (Wildman–Crippen LogP) is 3.22. The summed E-state index contributed by atoms with van der Waals surface area (Å²) in [5.74, 6) is -2.19. The summed E-state index contributed by atoms with van der Waals surface area (Å²) in [7, 11) is 2.39. The van der Waals surface area contributed by atoms with Crippen molar-refractivity contribution in [2.24, 2.45) is 0 Å². The number of esters is 3. The number of hydrogen-bond acceptors (Lipinski definition) is 9. The van der Waals surface area contributed by atoms with Crippen LogP contribution in [-0.4, -0.2) is 51.2 Å². The molecule has 0 aliphatic rings. The largest absolute Gasteiger partial charge is 0.493 e. The molecule has 0 spiro atoms. The van der Waals surface area contributed by atoms with Gasteiger partial charge in [0, 0.05) is 11.6 Å². The van der Waals surface area contributed by atoms with E-state index < -0.39 is 30.4 Å².